The van der Waals surface area contributed by atoms with Crippen LogP contribution in [0.1, 0.15) is 54.9 Å². The molecule has 3 atom stereocenters. The van der Waals surface area contributed by atoms with Crippen LogP contribution in [0.4, 0.5) is 0 Å². The molecule has 5 rings (SSSR count). The van der Waals surface area contributed by atoms with Gasteiger partial charge in [0.25, 0.3) is 0 Å². The molecular formula is C26H25NO2. The minimum absolute atomic E-state index is 0.00440. The van der Waals surface area contributed by atoms with Crippen molar-refractivity contribution in [3.63, 3.8) is 0 Å². The van der Waals surface area contributed by atoms with E-state index in [0.717, 1.165) is 0 Å². The molecule has 2 aromatic rings. The van der Waals surface area contributed by atoms with Gasteiger partial charge < -0.3 is 4.84 Å². The number of fused-ring (bicyclic) bond motifs is 2. The van der Waals surface area contributed by atoms with E-state index in [1.807, 2.05) is 6.21 Å². The third-order valence-electron chi connectivity index (χ3n) is 7.34. The molecule has 2 aromatic carbocycles. The summed E-state index contributed by atoms with van der Waals surface area (Å²) in [7, 11) is 0. The van der Waals surface area contributed by atoms with Crippen molar-refractivity contribution in [1.29, 1.82) is 0 Å². The predicted molar refractivity (Wildman–Crippen MR) is 116 cm³/mol. The second-order valence-electron chi connectivity index (χ2n) is 8.90. The van der Waals surface area contributed by atoms with E-state index in [1.54, 1.807) is 0 Å². The second-order valence-corrected chi connectivity index (χ2v) is 8.90. The fourth-order valence-corrected chi connectivity index (χ4v) is 6.06. The Morgan fingerprint density at radius 2 is 1.45 bits per heavy atom. The highest BCUT2D eigenvalue weighted by molar-refractivity contribution is 5.77. The fraction of sp³-hybridized carbons (Fsp3) is 0.308. The highest BCUT2D eigenvalue weighted by Gasteiger charge is 2.76. The largest absolute Gasteiger partial charge is 0.331 e. The molecule has 0 amide bonds. The van der Waals surface area contributed by atoms with Gasteiger partial charge in [0.15, 0.2) is 0 Å². The van der Waals surface area contributed by atoms with Gasteiger partial charge in [0.1, 0.15) is 0 Å². The van der Waals surface area contributed by atoms with Crippen molar-refractivity contribution in [2.45, 2.75) is 32.6 Å². The van der Waals surface area contributed by atoms with Gasteiger partial charge in [-0.3, -0.25) is 0 Å². The van der Waals surface area contributed by atoms with Gasteiger partial charge in [-0.2, -0.15) is 0 Å². The summed E-state index contributed by atoms with van der Waals surface area (Å²) in [6, 6.07) is 17.3. The topological polar surface area (TPSA) is 38.7 Å². The van der Waals surface area contributed by atoms with Crippen molar-refractivity contribution >= 4 is 24.3 Å². The Labute approximate surface area is 171 Å². The van der Waals surface area contributed by atoms with E-state index in [-0.39, 0.29) is 34.6 Å². The Bertz CT molecular complexity index is 1010. The molecule has 146 valence electrons. The average Bonchev–Trinajstić information content (AvgIpc) is 3.11. The van der Waals surface area contributed by atoms with Gasteiger partial charge in [-0.1, -0.05) is 91.8 Å². The van der Waals surface area contributed by atoms with Crippen LogP contribution in [0.25, 0.3) is 12.2 Å². The highest BCUT2D eigenvalue weighted by Crippen LogP contribution is 2.80. The molecule has 0 spiro atoms. The van der Waals surface area contributed by atoms with Gasteiger partial charge in [0.05, 0.1) is 0 Å². The highest BCUT2D eigenvalue weighted by atomic mass is 16.7. The maximum absolute atomic E-state index is 11.2. The first-order chi connectivity index (χ1) is 14.0. The molecule has 3 unspecified atom stereocenters. The average molecular weight is 383 g/mol. The smallest absolute Gasteiger partial charge is 0.319 e. The van der Waals surface area contributed by atoms with Crippen LogP contribution in [0.2, 0.25) is 0 Å². The summed E-state index contributed by atoms with van der Waals surface area (Å²) in [5.74, 6) is 0.366. The molecule has 1 fully saturated rings. The number of allylic oxidation sites excluding steroid dienone is 2. The van der Waals surface area contributed by atoms with Crippen LogP contribution >= 0.6 is 0 Å². The molecule has 0 saturated heterocycles. The molecule has 3 heteroatoms. The number of benzene rings is 2. The third-order valence-corrected chi connectivity index (χ3v) is 7.34. The van der Waals surface area contributed by atoms with Gasteiger partial charge in [-0.15, -0.1) is 0 Å². The zero-order chi connectivity index (χ0) is 20.2. The molecule has 0 aliphatic heterocycles. The fourth-order valence-electron chi connectivity index (χ4n) is 6.06. The minimum Gasteiger partial charge on any atom is -0.319 e. The van der Waals surface area contributed by atoms with Crippen molar-refractivity contribution in [3.8, 4) is 0 Å². The van der Waals surface area contributed by atoms with Crippen LogP contribution in [0.5, 0.6) is 0 Å². The van der Waals surface area contributed by atoms with Gasteiger partial charge in [-0.25, -0.2) is 4.79 Å². The quantitative estimate of drug-likeness (QED) is 0.380. The number of nitrogens with zero attached hydrogens (tertiary/aromatic N) is 1. The lowest BCUT2D eigenvalue weighted by Crippen LogP contribution is -2.25. The number of carbonyl (C=O) groups is 1. The Balaban J connectivity index is 1.65. The van der Waals surface area contributed by atoms with Crippen molar-refractivity contribution in [2.24, 2.45) is 21.9 Å². The molecule has 1 saturated carbocycles. The zero-order valence-corrected chi connectivity index (χ0v) is 17.0. The predicted octanol–water partition coefficient (Wildman–Crippen LogP) is 5.80. The summed E-state index contributed by atoms with van der Waals surface area (Å²) in [6.07, 6.45) is 11.1. The van der Waals surface area contributed by atoms with E-state index in [1.165, 1.54) is 29.2 Å². The summed E-state index contributed by atoms with van der Waals surface area (Å²) < 4.78 is 0. The SMILES string of the molecule is CC(=O)O/N=C/C1C(C)(C)C1(C1C=Cc2ccccc21)C1C=Cc2ccccc21. The van der Waals surface area contributed by atoms with Crippen LogP contribution in [-0.2, 0) is 9.63 Å². The maximum Gasteiger partial charge on any atom is 0.331 e. The Kier molecular flexibility index (Phi) is 3.92. The molecule has 3 aliphatic carbocycles. The van der Waals surface area contributed by atoms with E-state index in [9.17, 15) is 4.79 Å². The normalized spacial score (nSPS) is 30.4. The van der Waals surface area contributed by atoms with Crippen molar-refractivity contribution in [2.75, 3.05) is 0 Å². The first-order valence-corrected chi connectivity index (χ1v) is 10.2. The second kappa shape index (κ2) is 6.28. The van der Waals surface area contributed by atoms with Crippen LogP contribution < -0.4 is 0 Å². The van der Waals surface area contributed by atoms with Gasteiger partial charge >= 0.3 is 5.97 Å². The molecule has 3 aliphatic rings. The maximum atomic E-state index is 11.2. The van der Waals surface area contributed by atoms with Gasteiger partial charge in [0.2, 0.25) is 0 Å². The molecule has 0 radical (unpaired) electrons. The number of hydrogen-bond donors (Lipinski definition) is 0. The number of carbonyl (C=O) groups excluding carboxylic acids is 1. The van der Waals surface area contributed by atoms with E-state index in [0.29, 0.717) is 0 Å². The summed E-state index contributed by atoms with van der Waals surface area (Å²) in [4.78, 5) is 16.2. The number of hydrogen-bond acceptors (Lipinski definition) is 3. The first kappa shape index (κ1) is 18.1. The summed E-state index contributed by atoms with van der Waals surface area (Å²) in [6.45, 7) is 6.02. The summed E-state index contributed by atoms with van der Waals surface area (Å²) >= 11 is 0. The molecule has 0 bridgehead atoms. The number of oxime groups is 1. The summed E-state index contributed by atoms with van der Waals surface area (Å²) in [5, 5.41) is 4.06. The van der Waals surface area contributed by atoms with Crippen molar-refractivity contribution in [3.05, 3.63) is 82.9 Å². The van der Waals surface area contributed by atoms with Crippen LogP contribution in [0.3, 0.4) is 0 Å². The summed E-state index contributed by atoms with van der Waals surface area (Å²) in [5.41, 5.74) is 5.28. The third kappa shape index (κ3) is 2.43. The van der Waals surface area contributed by atoms with Crippen LogP contribution in [0, 0.1) is 16.7 Å². The van der Waals surface area contributed by atoms with Crippen molar-refractivity contribution in [1.82, 2.24) is 0 Å². The Hall–Kier alpha value is -2.94. The molecular weight excluding hydrogens is 358 g/mol. The standard InChI is InChI=1S/C26H25NO2/c1-17(28)29-27-16-24-25(2,3)26(24,22-14-12-18-8-4-6-10-20(18)22)23-15-13-19-9-5-7-11-21(19)23/h4-16,22-24H,1-3H3/b27-16+. The minimum atomic E-state index is -0.387. The molecule has 0 heterocycles. The van der Waals surface area contributed by atoms with E-state index >= 15 is 0 Å². The molecule has 3 nitrogen and oxygen atoms in total. The van der Waals surface area contributed by atoms with E-state index in [4.69, 9.17) is 4.84 Å². The lowest BCUT2D eigenvalue weighted by atomic mass is 9.69. The Morgan fingerprint density at radius 1 is 0.931 bits per heavy atom. The van der Waals surface area contributed by atoms with Crippen molar-refractivity contribution < 1.29 is 9.63 Å². The molecule has 29 heavy (non-hydrogen) atoms. The van der Waals surface area contributed by atoms with Gasteiger partial charge in [-0.05, 0) is 27.7 Å². The van der Waals surface area contributed by atoms with E-state index < -0.39 is 0 Å². The lowest BCUT2D eigenvalue weighted by molar-refractivity contribution is -0.140. The Morgan fingerprint density at radius 3 is 1.97 bits per heavy atom. The van der Waals surface area contributed by atoms with Crippen LogP contribution in [0.15, 0.2) is 65.8 Å². The van der Waals surface area contributed by atoms with Crippen LogP contribution in [-0.4, -0.2) is 12.2 Å². The molecule has 0 aromatic heterocycles. The zero-order valence-electron chi connectivity index (χ0n) is 17.0. The first-order valence-electron chi connectivity index (χ1n) is 10.2. The number of rotatable bonds is 4. The van der Waals surface area contributed by atoms with E-state index in [2.05, 4.69) is 91.8 Å². The molecule has 0 N–H and O–H groups in total. The monoisotopic (exact) mass is 383 g/mol. The lowest BCUT2D eigenvalue weighted by Gasteiger charge is -2.33. The van der Waals surface area contributed by atoms with Gasteiger partial charge in [0, 0.05) is 36.3 Å².